The van der Waals surface area contributed by atoms with E-state index < -0.39 is 0 Å². The minimum Gasteiger partial charge on any atom is -0.494 e. The standard InChI is InChI=1S/C16H18O.C4H8.C3H8/c1-4-17-15-8-6-14(7-9-15)16-10-5-12(2)11-13(16)3;1-3-4-2;1-3-2/h5-11H,4H2,1-3H3;3-4H,1-2H3;3H2,1-2H3/b;4-3-;. The van der Waals surface area contributed by atoms with Gasteiger partial charge in [0.05, 0.1) is 6.61 Å². The molecule has 0 aromatic heterocycles. The van der Waals surface area contributed by atoms with Gasteiger partial charge in [-0.2, -0.15) is 0 Å². The van der Waals surface area contributed by atoms with Crippen LogP contribution in [0.3, 0.4) is 0 Å². The topological polar surface area (TPSA) is 9.23 Å². The number of hydrogen-bond donors (Lipinski definition) is 0. The number of rotatable bonds is 3. The fourth-order valence-electron chi connectivity index (χ4n) is 2.03. The largest absolute Gasteiger partial charge is 0.494 e. The lowest BCUT2D eigenvalue weighted by molar-refractivity contribution is 0.340. The third-order valence-electron chi connectivity index (χ3n) is 3.19. The molecule has 0 amide bonds. The molecule has 2 aromatic rings. The molecular formula is C23H34O. The van der Waals surface area contributed by atoms with E-state index >= 15 is 0 Å². The van der Waals surface area contributed by atoms with Crippen molar-refractivity contribution in [2.45, 2.75) is 54.9 Å². The van der Waals surface area contributed by atoms with Crippen LogP contribution in [-0.2, 0) is 0 Å². The molecule has 24 heavy (non-hydrogen) atoms. The van der Waals surface area contributed by atoms with Gasteiger partial charge in [0.25, 0.3) is 0 Å². The smallest absolute Gasteiger partial charge is 0.119 e. The second-order valence-corrected chi connectivity index (χ2v) is 5.65. The molecule has 0 heterocycles. The van der Waals surface area contributed by atoms with Gasteiger partial charge in [-0.1, -0.05) is 68.3 Å². The van der Waals surface area contributed by atoms with Crippen LogP contribution in [0.2, 0.25) is 0 Å². The highest BCUT2D eigenvalue weighted by Gasteiger charge is 2.02. The first-order valence-corrected chi connectivity index (χ1v) is 8.91. The molecule has 0 aliphatic rings. The number of aryl methyl sites for hydroxylation is 2. The highest BCUT2D eigenvalue weighted by Crippen LogP contribution is 2.26. The van der Waals surface area contributed by atoms with Crippen molar-refractivity contribution in [1.29, 1.82) is 0 Å². The lowest BCUT2D eigenvalue weighted by atomic mass is 9.99. The van der Waals surface area contributed by atoms with Gasteiger partial charge in [0.15, 0.2) is 0 Å². The van der Waals surface area contributed by atoms with Crippen LogP contribution >= 0.6 is 0 Å². The predicted molar refractivity (Wildman–Crippen MR) is 109 cm³/mol. The molecular weight excluding hydrogens is 292 g/mol. The number of allylic oxidation sites excluding steroid dienone is 2. The van der Waals surface area contributed by atoms with Gasteiger partial charge in [-0.3, -0.25) is 0 Å². The Morgan fingerprint density at radius 3 is 1.79 bits per heavy atom. The molecule has 1 nitrogen and oxygen atoms in total. The van der Waals surface area contributed by atoms with Crippen LogP contribution in [0.25, 0.3) is 11.1 Å². The molecule has 0 fully saturated rings. The minimum absolute atomic E-state index is 0.711. The molecule has 0 unspecified atom stereocenters. The van der Waals surface area contributed by atoms with Crippen LogP contribution in [0, 0.1) is 13.8 Å². The molecule has 2 rings (SSSR count). The van der Waals surface area contributed by atoms with Crippen LogP contribution in [0.5, 0.6) is 5.75 Å². The van der Waals surface area contributed by atoms with E-state index in [9.17, 15) is 0 Å². The zero-order chi connectivity index (χ0) is 18.4. The van der Waals surface area contributed by atoms with Gasteiger partial charge in [-0.15, -0.1) is 0 Å². The van der Waals surface area contributed by atoms with Crippen molar-refractivity contribution in [2.24, 2.45) is 0 Å². The highest BCUT2D eigenvalue weighted by molar-refractivity contribution is 5.68. The number of benzene rings is 2. The average Bonchev–Trinajstić information content (AvgIpc) is 2.57. The van der Waals surface area contributed by atoms with E-state index in [0.29, 0.717) is 6.61 Å². The van der Waals surface area contributed by atoms with E-state index in [-0.39, 0.29) is 0 Å². The molecule has 0 spiro atoms. The average molecular weight is 327 g/mol. The molecule has 0 saturated heterocycles. The second kappa shape index (κ2) is 13.4. The summed E-state index contributed by atoms with van der Waals surface area (Å²) in [5.41, 5.74) is 5.15. The first-order chi connectivity index (χ1) is 11.5. The fraction of sp³-hybridized carbons (Fsp3) is 0.391. The predicted octanol–water partition coefficient (Wildman–Crippen LogP) is 7.37. The van der Waals surface area contributed by atoms with Crippen LogP contribution in [0.4, 0.5) is 0 Å². The molecule has 0 radical (unpaired) electrons. The Hall–Kier alpha value is -2.02. The molecule has 0 atom stereocenters. The summed E-state index contributed by atoms with van der Waals surface area (Å²) in [5, 5.41) is 0. The Morgan fingerprint density at radius 2 is 1.38 bits per heavy atom. The van der Waals surface area contributed by atoms with Gasteiger partial charge in [0.1, 0.15) is 5.75 Å². The monoisotopic (exact) mass is 326 g/mol. The Morgan fingerprint density at radius 1 is 0.833 bits per heavy atom. The second-order valence-electron chi connectivity index (χ2n) is 5.65. The fourth-order valence-corrected chi connectivity index (χ4v) is 2.03. The third kappa shape index (κ3) is 8.57. The summed E-state index contributed by atoms with van der Waals surface area (Å²) in [6, 6.07) is 14.8. The maximum atomic E-state index is 5.45. The van der Waals surface area contributed by atoms with Crippen molar-refractivity contribution in [3.05, 3.63) is 65.7 Å². The molecule has 0 aliphatic heterocycles. The van der Waals surface area contributed by atoms with Crippen molar-refractivity contribution in [1.82, 2.24) is 0 Å². The summed E-state index contributed by atoms with van der Waals surface area (Å²) in [6.45, 7) is 15.2. The molecule has 0 bridgehead atoms. The number of hydrogen-bond acceptors (Lipinski definition) is 1. The van der Waals surface area contributed by atoms with E-state index in [1.165, 1.54) is 28.7 Å². The normalized spacial score (nSPS) is 9.62. The maximum absolute atomic E-state index is 5.45. The zero-order valence-corrected chi connectivity index (χ0v) is 16.5. The zero-order valence-electron chi connectivity index (χ0n) is 16.5. The first-order valence-electron chi connectivity index (χ1n) is 8.91. The lowest BCUT2D eigenvalue weighted by Gasteiger charge is -2.08. The van der Waals surface area contributed by atoms with Crippen molar-refractivity contribution in [2.75, 3.05) is 6.61 Å². The SMILES string of the molecule is C/C=C\C.CCC.CCOc1ccc(-c2ccc(C)cc2C)cc1. The molecule has 1 heteroatoms. The Bertz CT molecular complexity index is 575. The van der Waals surface area contributed by atoms with Crippen molar-refractivity contribution in [3.63, 3.8) is 0 Å². The quantitative estimate of drug-likeness (QED) is 0.535. The van der Waals surface area contributed by atoms with E-state index in [4.69, 9.17) is 4.74 Å². The summed E-state index contributed by atoms with van der Waals surface area (Å²) in [6.07, 6.45) is 5.25. The van der Waals surface area contributed by atoms with Crippen LogP contribution in [-0.4, -0.2) is 6.61 Å². The van der Waals surface area contributed by atoms with Crippen LogP contribution < -0.4 is 4.74 Å². The summed E-state index contributed by atoms with van der Waals surface area (Å²) in [5.74, 6) is 0.931. The van der Waals surface area contributed by atoms with E-state index in [2.05, 4.69) is 58.0 Å². The van der Waals surface area contributed by atoms with Crippen molar-refractivity contribution in [3.8, 4) is 16.9 Å². The third-order valence-corrected chi connectivity index (χ3v) is 3.19. The molecule has 0 N–H and O–H groups in total. The molecule has 132 valence electrons. The van der Waals surface area contributed by atoms with Gasteiger partial charge in [-0.25, -0.2) is 0 Å². The first kappa shape index (κ1) is 22.0. The number of ether oxygens (including phenoxy) is 1. The molecule has 2 aromatic carbocycles. The minimum atomic E-state index is 0.711. The Kier molecular flexibility index (Phi) is 12.3. The Labute approximate surface area is 149 Å². The van der Waals surface area contributed by atoms with Gasteiger partial charge in [-0.05, 0) is 63.4 Å². The summed E-state index contributed by atoms with van der Waals surface area (Å²) >= 11 is 0. The van der Waals surface area contributed by atoms with Gasteiger partial charge >= 0.3 is 0 Å². The highest BCUT2D eigenvalue weighted by atomic mass is 16.5. The van der Waals surface area contributed by atoms with E-state index in [0.717, 1.165) is 5.75 Å². The van der Waals surface area contributed by atoms with Gasteiger partial charge in [0.2, 0.25) is 0 Å². The van der Waals surface area contributed by atoms with Gasteiger partial charge < -0.3 is 4.74 Å². The molecule has 0 saturated carbocycles. The summed E-state index contributed by atoms with van der Waals surface area (Å²) in [4.78, 5) is 0. The Balaban J connectivity index is 0.000000648. The maximum Gasteiger partial charge on any atom is 0.119 e. The van der Waals surface area contributed by atoms with E-state index in [1.807, 2.05) is 45.1 Å². The van der Waals surface area contributed by atoms with Crippen LogP contribution in [0.1, 0.15) is 52.2 Å². The van der Waals surface area contributed by atoms with Crippen molar-refractivity contribution < 1.29 is 4.74 Å². The molecule has 0 aliphatic carbocycles. The summed E-state index contributed by atoms with van der Waals surface area (Å²) < 4.78 is 5.45. The van der Waals surface area contributed by atoms with Crippen LogP contribution in [0.15, 0.2) is 54.6 Å². The van der Waals surface area contributed by atoms with Gasteiger partial charge in [0, 0.05) is 0 Å². The van der Waals surface area contributed by atoms with Crippen molar-refractivity contribution >= 4 is 0 Å². The van der Waals surface area contributed by atoms with E-state index in [1.54, 1.807) is 0 Å². The summed E-state index contributed by atoms with van der Waals surface area (Å²) in [7, 11) is 0. The lowest BCUT2D eigenvalue weighted by Crippen LogP contribution is -1.91.